The third kappa shape index (κ3) is 5.06. The molecule has 0 spiro atoms. The van der Waals surface area contributed by atoms with Crippen LogP contribution in [0.3, 0.4) is 0 Å². The Balaban J connectivity index is 1.51. The molecule has 1 aliphatic rings. The summed E-state index contributed by atoms with van der Waals surface area (Å²) in [6, 6.07) is 14.6. The van der Waals surface area contributed by atoms with Crippen LogP contribution in [0, 0.1) is 0 Å². The molecule has 2 amide bonds. The van der Waals surface area contributed by atoms with Gasteiger partial charge in [-0.1, -0.05) is 22.0 Å². The molecule has 0 radical (unpaired) electrons. The van der Waals surface area contributed by atoms with Crippen molar-refractivity contribution in [1.29, 1.82) is 0 Å². The van der Waals surface area contributed by atoms with Crippen LogP contribution in [-0.2, 0) is 9.53 Å². The molecule has 1 heterocycles. The molecule has 0 aliphatic carbocycles. The van der Waals surface area contributed by atoms with Crippen molar-refractivity contribution in [1.82, 2.24) is 4.90 Å². The quantitative estimate of drug-likeness (QED) is 0.784. The predicted octanol–water partition coefficient (Wildman–Crippen LogP) is 2.97. The predicted molar refractivity (Wildman–Crippen MR) is 104 cm³/mol. The second kappa shape index (κ2) is 8.82. The molecular formula is C19H20BrN3O3. The lowest BCUT2D eigenvalue weighted by molar-refractivity contribution is -0.114. The first kappa shape index (κ1) is 18.4. The average molecular weight is 418 g/mol. The molecule has 0 bridgehead atoms. The number of carbonyl (C=O) groups is 2. The fourth-order valence-electron chi connectivity index (χ4n) is 2.63. The molecule has 0 atom stereocenters. The highest BCUT2D eigenvalue weighted by molar-refractivity contribution is 9.10. The smallest absolute Gasteiger partial charge is 0.254 e. The molecule has 1 aliphatic heterocycles. The van der Waals surface area contributed by atoms with Crippen molar-refractivity contribution in [2.75, 3.05) is 43.5 Å². The lowest BCUT2D eigenvalue weighted by Crippen LogP contribution is -2.40. The number of halogens is 1. The van der Waals surface area contributed by atoms with Crippen LogP contribution in [0.15, 0.2) is 53.0 Å². The van der Waals surface area contributed by atoms with Crippen LogP contribution < -0.4 is 10.6 Å². The second-order valence-corrected chi connectivity index (χ2v) is 6.81. The van der Waals surface area contributed by atoms with Crippen LogP contribution in [0.25, 0.3) is 0 Å². The van der Waals surface area contributed by atoms with Crippen LogP contribution in [0.5, 0.6) is 0 Å². The highest BCUT2D eigenvalue weighted by Gasteiger charge is 2.18. The lowest BCUT2D eigenvalue weighted by Gasteiger charge is -2.26. The molecule has 1 saturated heterocycles. The molecule has 2 N–H and O–H groups in total. The van der Waals surface area contributed by atoms with Gasteiger partial charge in [-0.05, 0) is 42.5 Å². The Morgan fingerprint density at radius 1 is 1.04 bits per heavy atom. The van der Waals surface area contributed by atoms with Crippen LogP contribution >= 0.6 is 15.9 Å². The van der Waals surface area contributed by atoms with Gasteiger partial charge in [0.05, 0.1) is 19.8 Å². The summed E-state index contributed by atoms with van der Waals surface area (Å²) in [5.41, 5.74) is 2.13. The summed E-state index contributed by atoms with van der Waals surface area (Å²) in [5, 5.41) is 5.88. The maximum atomic E-state index is 12.4. The van der Waals surface area contributed by atoms with Crippen LogP contribution in [0.2, 0.25) is 0 Å². The zero-order chi connectivity index (χ0) is 18.4. The van der Waals surface area contributed by atoms with Crippen molar-refractivity contribution in [2.45, 2.75) is 0 Å². The summed E-state index contributed by atoms with van der Waals surface area (Å²) >= 11 is 3.39. The number of anilines is 2. The molecule has 0 saturated carbocycles. The Morgan fingerprint density at radius 2 is 1.77 bits per heavy atom. The minimum absolute atomic E-state index is 0.0116. The van der Waals surface area contributed by atoms with E-state index in [2.05, 4.69) is 26.6 Å². The van der Waals surface area contributed by atoms with Gasteiger partial charge in [-0.3, -0.25) is 9.59 Å². The van der Waals surface area contributed by atoms with Crippen LogP contribution in [0.4, 0.5) is 11.4 Å². The monoisotopic (exact) mass is 417 g/mol. The van der Waals surface area contributed by atoms with Crippen LogP contribution in [0.1, 0.15) is 10.4 Å². The van der Waals surface area contributed by atoms with E-state index in [0.29, 0.717) is 37.6 Å². The van der Waals surface area contributed by atoms with E-state index >= 15 is 0 Å². The van der Waals surface area contributed by atoms with Gasteiger partial charge in [0.2, 0.25) is 5.91 Å². The molecule has 7 heteroatoms. The Labute approximate surface area is 160 Å². The molecular weight excluding hydrogens is 398 g/mol. The maximum Gasteiger partial charge on any atom is 0.254 e. The molecule has 3 rings (SSSR count). The van der Waals surface area contributed by atoms with Gasteiger partial charge in [0.25, 0.3) is 5.91 Å². The number of nitrogens with zero attached hydrogens (tertiary/aromatic N) is 1. The fourth-order valence-corrected chi connectivity index (χ4v) is 3.03. The van der Waals surface area contributed by atoms with E-state index in [1.165, 1.54) is 0 Å². The van der Waals surface area contributed by atoms with Crippen molar-refractivity contribution < 1.29 is 14.3 Å². The zero-order valence-electron chi connectivity index (χ0n) is 14.2. The Hall–Kier alpha value is -2.38. The number of morpholine rings is 1. The molecule has 136 valence electrons. The summed E-state index contributed by atoms with van der Waals surface area (Å²) in [6.45, 7) is 2.53. The number of benzene rings is 2. The number of hydrogen-bond donors (Lipinski definition) is 2. The van der Waals surface area contributed by atoms with Gasteiger partial charge in [-0.15, -0.1) is 0 Å². The maximum absolute atomic E-state index is 12.4. The fraction of sp³-hybridized carbons (Fsp3) is 0.263. The molecule has 0 aromatic heterocycles. The van der Waals surface area contributed by atoms with Crippen molar-refractivity contribution in [3.63, 3.8) is 0 Å². The summed E-state index contributed by atoms with van der Waals surface area (Å²) in [5.74, 6) is -0.167. The van der Waals surface area contributed by atoms with Gasteiger partial charge in [0, 0.05) is 34.5 Å². The molecule has 2 aromatic carbocycles. The number of hydrogen-bond acceptors (Lipinski definition) is 4. The van der Waals surface area contributed by atoms with E-state index in [-0.39, 0.29) is 18.4 Å². The first-order chi connectivity index (χ1) is 12.6. The molecule has 0 unspecified atom stereocenters. The lowest BCUT2D eigenvalue weighted by atomic mass is 10.1. The normalized spacial score (nSPS) is 14.0. The Morgan fingerprint density at radius 3 is 2.46 bits per heavy atom. The van der Waals surface area contributed by atoms with Crippen molar-refractivity contribution >= 4 is 39.1 Å². The standard InChI is InChI=1S/C19H20BrN3O3/c20-15-2-1-3-17(12-15)21-13-18(24)22-16-6-4-14(5-7-16)19(25)23-8-10-26-11-9-23/h1-7,12,21H,8-11,13H2,(H,22,24). The largest absolute Gasteiger partial charge is 0.378 e. The SMILES string of the molecule is O=C(CNc1cccc(Br)c1)Nc1ccc(C(=O)N2CCOCC2)cc1. The summed E-state index contributed by atoms with van der Waals surface area (Å²) in [4.78, 5) is 26.2. The third-order valence-corrected chi connectivity index (χ3v) is 4.48. The van der Waals surface area contributed by atoms with E-state index < -0.39 is 0 Å². The minimum atomic E-state index is -0.155. The summed E-state index contributed by atoms with van der Waals surface area (Å²) in [7, 11) is 0. The van der Waals surface area contributed by atoms with E-state index in [4.69, 9.17) is 4.74 Å². The number of nitrogens with one attached hydrogen (secondary N) is 2. The first-order valence-electron chi connectivity index (χ1n) is 8.38. The minimum Gasteiger partial charge on any atom is -0.378 e. The Bertz CT molecular complexity index is 774. The first-order valence-corrected chi connectivity index (χ1v) is 9.17. The number of ether oxygens (including phenoxy) is 1. The number of amides is 2. The van der Waals surface area contributed by atoms with Crippen molar-refractivity contribution in [3.05, 3.63) is 58.6 Å². The molecule has 6 nitrogen and oxygen atoms in total. The molecule has 2 aromatic rings. The van der Waals surface area contributed by atoms with Crippen molar-refractivity contribution in [3.8, 4) is 0 Å². The van der Waals surface area contributed by atoms with E-state index in [0.717, 1.165) is 10.2 Å². The van der Waals surface area contributed by atoms with Gasteiger partial charge in [0.1, 0.15) is 0 Å². The zero-order valence-corrected chi connectivity index (χ0v) is 15.8. The molecule has 1 fully saturated rings. The van der Waals surface area contributed by atoms with Gasteiger partial charge < -0.3 is 20.3 Å². The number of rotatable bonds is 5. The summed E-state index contributed by atoms with van der Waals surface area (Å²) in [6.07, 6.45) is 0. The average Bonchev–Trinajstić information content (AvgIpc) is 2.67. The molecule has 26 heavy (non-hydrogen) atoms. The highest BCUT2D eigenvalue weighted by atomic mass is 79.9. The number of carbonyl (C=O) groups excluding carboxylic acids is 2. The van der Waals surface area contributed by atoms with Gasteiger partial charge in [-0.25, -0.2) is 0 Å². The van der Waals surface area contributed by atoms with E-state index in [1.54, 1.807) is 29.2 Å². The van der Waals surface area contributed by atoms with Crippen LogP contribution in [-0.4, -0.2) is 49.6 Å². The van der Waals surface area contributed by atoms with E-state index in [9.17, 15) is 9.59 Å². The summed E-state index contributed by atoms with van der Waals surface area (Å²) < 4.78 is 6.21. The van der Waals surface area contributed by atoms with Gasteiger partial charge in [0.15, 0.2) is 0 Å². The highest BCUT2D eigenvalue weighted by Crippen LogP contribution is 2.16. The van der Waals surface area contributed by atoms with Gasteiger partial charge in [-0.2, -0.15) is 0 Å². The van der Waals surface area contributed by atoms with Crippen molar-refractivity contribution in [2.24, 2.45) is 0 Å². The van der Waals surface area contributed by atoms with E-state index in [1.807, 2.05) is 24.3 Å². The second-order valence-electron chi connectivity index (χ2n) is 5.89. The Kier molecular flexibility index (Phi) is 6.25. The van der Waals surface area contributed by atoms with Gasteiger partial charge >= 0.3 is 0 Å². The third-order valence-electron chi connectivity index (χ3n) is 3.99. The topological polar surface area (TPSA) is 70.7 Å².